The molecule has 1 N–H and O–H groups in total. The summed E-state index contributed by atoms with van der Waals surface area (Å²) in [4.78, 5) is 38.0. The Morgan fingerprint density at radius 1 is 0.595 bits per heavy atom. The van der Waals surface area contributed by atoms with Crippen LogP contribution in [0.2, 0.25) is 0 Å². The van der Waals surface area contributed by atoms with Gasteiger partial charge in [0.1, 0.15) is 22.8 Å². The zero-order chi connectivity index (χ0) is 25.9. The molecule has 0 bridgehead atoms. The fraction of sp³-hybridized carbons (Fsp3) is 0.0333. The first-order valence-corrected chi connectivity index (χ1v) is 11.3. The highest BCUT2D eigenvalue weighted by Crippen LogP contribution is 2.28. The predicted molar refractivity (Wildman–Crippen MR) is 137 cm³/mol. The Morgan fingerprint density at radius 2 is 1.19 bits per heavy atom. The van der Waals surface area contributed by atoms with Crippen LogP contribution in [0.25, 0.3) is 21.5 Å². The van der Waals surface area contributed by atoms with E-state index >= 15 is 0 Å². The number of rotatable bonds is 5. The first-order chi connectivity index (χ1) is 17.9. The van der Waals surface area contributed by atoms with Gasteiger partial charge >= 0.3 is 17.9 Å². The summed E-state index contributed by atoms with van der Waals surface area (Å²) in [5.74, 6) is -1.90. The first kappa shape index (κ1) is 23.6. The molecule has 7 heteroatoms. The number of carbonyl (C=O) groups is 3. The summed E-state index contributed by atoms with van der Waals surface area (Å²) >= 11 is 0. The number of methoxy groups -OCH3 is 1. The summed E-state index contributed by atoms with van der Waals surface area (Å²) in [5, 5.41) is 13.0. The van der Waals surface area contributed by atoms with Crippen molar-refractivity contribution in [2.24, 2.45) is 0 Å². The van der Waals surface area contributed by atoms with Crippen LogP contribution in [-0.2, 0) is 4.74 Å². The van der Waals surface area contributed by atoms with Crippen LogP contribution in [0, 0.1) is 0 Å². The van der Waals surface area contributed by atoms with Gasteiger partial charge in [-0.25, -0.2) is 14.4 Å². The smallest absolute Gasteiger partial charge is 0.343 e. The number of carbonyl (C=O) groups excluding carboxylic acids is 3. The topological polar surface area (TPSA) is 99.1 Å². The van der Waals surface area contributed by atoms with E-state index in [2.05, 4.69) is 0 Å². The fourth-order valence-electron chi connectivity index (χ4n) is 3.93. The maximum atomic E-state index is 12.8. The Bertz CT molecular complexity index is 1690. The van der Waals surface area contributed by atoms with Crippen LogP contribution in [0.5, 0.6) is 17.2 Å². The van der Waals surface area contributed by atoms with Crippen LogP contribution in [0.4, 0.5) is 0 Å². The highest BCUT2D eigenvalue weighted by Gasteiger charge is 2.20. The third-order valence-corrected chi connectivity index (χ3v) is 5.81. The second-order valence-electron chi connectivity index (χ2n) is 8.24. The molecule has 0 spiro atoms. The van der Waals surface area contributed by atoms with E-state index in [1.165, 1.54) is 31.4 Å². The van der Waals surface area contributed by atoms with Crippen molar-refractivity contribution in [1.82, 2.24) is 0 Å². The molecule has 0 aliphatic rings. The zero-order valence-corrected chi connectivity index (χ0v) is 19.6. The second kappa shape index (κ2) is 9.83. The molecule has 0 aliphatic heterocycles. The Kier molecular flexibility index (Phi) is 6.26. The van der Waals surface area contributed by atoms with Crippen molar-refractivity contribution >= 4 is 39.5 Å². The minimum atomic E-state index is -0.764. The molecule has 37 heavy (non-hydrogen) atoms. The van der Waals surface area contributed by atoms with Crippen molar-refractivity contribution in [3.05, 3.63) is 114 Å². The predicted octanol–water partition coefficient (Wildman–Crippen LogP) is 5.92. The van der Waals surface area contributed by atoms with Crippen molar-refractivity contribution in [2.45, 2.75) is 0 Å². The third kappa shape index (κ3) is 4.97. The molecule has 5 aromatic carbocycles. The summed E-state index contributed by atoms with van der Waals surface area (Å²) in [5.41, 5.74) is 0.518. The maximum Gasteiger partial charge on any atom is 0.343 e. The number of aromatic hydroxyl groups is 1. The van der Waals surface area contributed by atoms with E-state index in [0.29, 0.717) is 5.56 Å². The van der Waals surface area contributed by atoms with Gasteiger partial charge in [-0.15, -0.1) is 0 Å². The summed E-state index contributed by atoms with van der Waals surface area (Å²) in [7, 11) is 1.19. The summed E-state index contributed by atoms with van der Waals surface area (Å²) in [6.07, 6.45) is 0. The van der Waals surface area contributed by atoms with Crippen molar-refractivity contribution in [2.75, 3.05) is 7.11 Å². The van der Waals surface area contributed by atoms with Gasteiger partial charge in [0, 0.05) is 0 Å². The van der Waals surface area contributed by atoms with Gasteiger partial charge in [0.2, 0.25) is 0 Å². The average Bonchev–Trinajstić information content (AvgIpc) is 2.92. The molecule has 0 atom stereocenters. The molecule has 0 saturated carbocycles. The number of phenols is 1. The molecule has 5 aromatic rings. The molecule has 0 fully saturated rings. The van der Waals surface area contributed by atoms with E-state index in [4.69, 9.17) is 14.2 Å². The lowest BCUT2D eigenvalue weighted by atomic mass is 10.1. The summed E-state index contributed by atoms with van der Waals surface area (Å²) in [6.45, 7) is 0. The summed E-state index contributed by atoms with van der Waals surface area (Å²) < 4.78 is 15.8. The Balaban J connectivity index is 1.39. The largest absolute Gasteiger partial charge is 0.508 e. The molecule has 0 unspecified atom stereocenters. The molecule has 0 radical (unpaired) electrons. The monoisotopic (exact) mass is 492 g/mol. The molecule has 5 rings (SSSR count). The van der Waals surface area contributed by atoms with E-state index < -0.39 is 17.9 Å². The van der Waals surface area contributed by atoms with Gasteiger partial charge in [0.15, 0.2) is 0 Å². The lowest BCUT2D eigenvalue weighted by molar-refractivity contribution is 0.0589. The van der Waals surface area contributed by atoms with Crippen molar-refractivity contribution < 1.29 is 33.7 Å². The van der Waals surface area contributed by atoms with Crippen molar-refractivity contribution in [1.29, 1.82) is 0 Å². The van der Waals surface area contributed by atoms with E-state index in [1.807, 2.05) is 30.3 Å². The molecule has 0 heterocycles. The Hall–Kier alpha value is -5.17. The molecule has 7 nitrogen and oxygen atoms in total. The van der Waals surface area contributed by atoms with Crippen molar-refractivity contribution in [3.8, 4) is 17.2 Å². The molecule has 182 valence electrons. The number of benzene rings is 5. The molecular formula is C30H20O7. The Morgan fingerprint density at radius 3 is 1.92 bits per heavy atom. The third-order valence-electron chi connectivity index (χ3n) is 5.81. The highest BCUT2D eigenvalue weighted by molar-refractivity contribution is 6.00. The van der Waals surface area contributed by atoms with Crippen LogP contribution in [0.15, 0.2) is 97.1 Å². The fourth-order valence-corrected chi connectivity index (χ4v) is 3.93. The van der Waals surface area contributed by atoms with Gasteiger partial charge in [-0.1, -0.05) is 42.5 Å². The number of esters is 3. The number of fused-ring (bicyclic) bond motifs is 2. The van der Waals surface area contributed by atoms with Gasteiger partial charge in [-0.05, 0) is 76.1 Å². The van der Waals surface area contributed by atoms with Crippen LogP contribution in [0.1, 0.15) is 31.1 Å². The van der Waals surface area contributed by atoms with Gasteiger partial charge in [-0.2, -0.15) is 0 Å². The van der Waals surface area contributed by atoms with Gasteiger partial charge in [-0.3, -0.25) is 0 Å². The van der Waals surface area contributed by atoms with Crippen LogP contribution < -0.4 is 9.47 Å². The molecule has 0 saturated heterocycles. The van der Waals surface area contributed by atoms with E-state index in [1.54, 1.807) is 42.5 Å². The minimum absolute atomic E-state index is 0.0480. The first-order valence-electron chi connectivity index (χ1n) is 11.3. The zero-order valence-electron chi connectivity index (χ0n) is 19.6. The SMILES string of the molecule is COC(=O)c1cc(OC(=O)c2ccc3ccccc3c2)ccc1OC(=O)c1ccc2cc(O)ccc2c1. The van der Waals surface area contributed by atoms with Gasteiger partial charge in [0.25, 0.3) is 0 Å². The number of phenolic OH excluding ortho intramolecular Hbond substituents is 1. The minimum Gasteiger partial charge on any atom is -0.508 e. The lowest BCUT2D eigenvalue weighted by Crippen LogP contribution is -2.13. The molecular weight excluding hydrogens is 472 g/mol. The van der Waals surface area contributed by atoms with Crippen LogP contribution in [0.3, 0.4) is 0 Å². The number of hydrogen-bond donors (Lipinski definition) is 1. The van der Waals surface area contributed by atoms with Gasteiger partial charge < -0.3 is 19.3 Å². The lowest BCUT2D eigenvalue weighted by Gasteiger charge is -2.12. The second-order valence-corrected chi connectivity index (χ2v) is 8.24. The normalized spacial score (nSPS) is 10.7. The maximum absolute atomic E-state index is 12.8. The van der Waals surface area contributed by atoms with E-state index in [9.17, 15) is 19.5 Å². The molecule has 0 aromatic heterocycles. The molecule has 0 aliphatic carbocycles. The highest BCUT2D eigenvalue weighted by atomic mass is 16.5. The quantitative estimate of drug-likeness (QED) is 0.240. The Labute approximate surface area is 211 Å². The molecule has 0 amide bonds. The van der Waals surface area contributed by atoms with E-state index in [-0.39, 0.29) is 28.4 Å². The van der Waals surface area contributed by atoms with Crippen LogP contribution >= 0.6 is 0 Å². The van der Waals surface area contributed by atoms with Crippen LogP contribution in [-0.4, -0.2) is 30.1 Å². The van der Waals surface area contributed by atoms with Gasteiger partial charge in [0.05, 0.1) is 18.2 Å². The standard InChI is InChI=1S/C30H20O7/c1-35-30(34)26-17-25(36-28(32)22-8-6-18-4-2-3-5-19(18)14-22)12-13-27(26)37-29(33)23-9-7-21-16-24(31)11-10-20(21)15-23/h2-17,31H,1H3. The van der Waals surface area contributed by atoms with Crippen molar-refractivity contribution in [3.63, 3.8) is 0 Å². The number of ether oxygens (including phenoxy) is 3. The summed E-state index contributed by atoms with van der Waals surface area (Å²) in [6, 6.07) is 26.6. The number of hydrogen-bond acceptors (Lipinski definition) is 7. The average molecular weight is 492 g/mol. The van der Waals surface area contributed by atoms with E-state index in [0.717, 1.165) is 21.5 Å².